The normalized spacial score (nSPS) is 11.6. The number of unbranched alkanes of at least 4 members (excludes halogenated alkanes) is 1. The van der Waals surface area contributed by atoms with Gasteiger partial charge in [-0.25, -0.2) is 0 Å². The lowest BCUT2D eigenvalue weighted by Crippen LogP contribution is -2.08. The molecule has 0 aliphatic heterocycles. The van der Waals surface area contributed by atoms with Crippen LogP contribution in [0.2, 0.25) is 0 Å². The van der Waals surface area contributed by atoms with E-state index in [1.807, 2.05) is 25.1 Å². The molecule has 3 heteroatoms. The maximum atomic E-state index is 5.47. The quantitative estimate of drug-likeness (QED) is 0.454. The molecule has 1 aromatic rings. The highest BCUT2D eigenvalue weighted by Gasteiger charge is 1.94. The minimum Gasteiger partial charge on any atom is -0.498 e. The van der Waals surface area contributed by atoms with Crippen LogP contribution in [0.1, 0.15) is 32.3 Å². The molecule has 20 heavy (non-hydrogen) atoms. The zero-order chi connectivity index (χ0) is 14.5. The Labute approximate surface area is 122 Å². The van der Waals surface area contributed by atoms with Gasteiger partial charge in [0.15, 0.2) is 0 Å². The molecule has 1 rings (SSSR count). The molecule has 0 amide bonds. The lowest BCUT2D eigenvalue weighted by Gasteiger charge is -2.06. The Kier molecular flexibility index (Phi) is 9.62. The number of ether oxygens (including phenoxy) is 3. The van der Waals surface area contributed by atoms with Crippen LogP contribution in [0.4, 0.5) is 0 Å². The van der Waals surface area contributed by atoms with Crippen LogP contribution in [0, 0.1) is 0 Å². The maximum absolute atomic E-state index is 5.47. The van der Waals surface area contributed by atoms with Crippen molar-refractivity contribution in [1.29, 1.82) is 0 Å². The van der Waals surface area contributed by atoms with Crippen molar-refractivity contribution in [3.05, 3.63) is 42.2 Å². The second-order valence-corrected chi connectivity index (χ2v) is 4.62. The van der Waals surface area contributed by atoms with E-state index < -0.39 is 0 Å². The third-order valence-electron chi connectivity index (χ3n) is 2.85. The minimum absolute atomic E-state index is 0.569. The van der Waals surface area contributed by atoms with E-state index in [1.54, 1.807) is 6.26 Å². The van der Waals surface area contributed by atoms with E-state index in [0.717, 1.165) is 18.6 Å². The van der Waals surface area contributed by atoms with Crippen molar-refractivity contribution in [3.63, 3.8) is 0 Å². The molecule has 0 bridgehead atoms. The van der Waals surface area contributed by atoms with Gasteiger partial charge in [-0.2, -0.15) is 0 Å². The van der Waals surface area contributed by atoms with E-state index >= 15 is 0 Å². The molecule has 112 valence electrons. The van der Waals surface area contributed by atoms with E-state index in [9.17, 15) is 0 Å². The predicted octanol–water partition coefficient (Wildman–Crippen LogP) is 3.90. The first-order valence-corrected chi connectivity index (χ1v) is 7.34. The number of rotatable bonds is 11. The lowest BCUT2D eigenvalue weighted by molar-refractivity contribution is 0.0300. The fourth-order valence-electron chi connectivity index (χ4n) is 1.63. The Hall–Kier alpha value is -1.32. The number of hydrogen-bond acceptors (Lipinski definition) is 3. The molecule has 3 nitrogen and oxygen atoms in total. The van der Waals surface area contributed by atoms with Gasteiger partial charge in [0.05, 0.1) is 26.1 Å². The second kappa shape index (κ2) is 11.5. The molecule has 0 aromatic heterocycles. The molecule has 0 fully saturated rings. The van der Waals surface area contributed by atoms with Gasteiger partial charge in [-0.3, -0.25) is 0 Å². The largest absolute Gasteiger partial charge is 0.498 e. The Morgan fingerprint density at radius 1 is 0.950 bits per heavy atom. The summed E-state index contributed by atoms with van der Waals surface area (Å²) in [5, 5.41) is 0. The standard InChI is InChI=1S/C17H26O3/c1-3-4-10-18-11-12-19-13-14-20-15-16(2)17-8-6-5-7-9-17/h5-9,15H,3-4,10-14H2,1-2H3. The third-order valence-corrected chi connectivity index (χ3v) is 2.85. The molecule has 0 heterocycles. The van der Waals surface area contributed by atoms with Gasteiger partial charge >= 0.3 is 0 Å². The van der Waals surface area contributed by atoms with Crippen LogP contribution < -0.4 is 0 Å². The molecule has 0 spiro atoms. The molecule has 0 aliphatic carbocycles. The van der Waals surface area contributed by atoms with Crippen molar-refractivity contribution in [2.75, 3.05) is 33.0 Å². The van der Waals surface area contributed by atoms with Gasteiger partial charge in [0.25, 0.3) is 0 Å². The molecule has 0 N–H and O–H groups in total. The SMILES string of the molecule is CCCCOCCOCCOC=C(C)c1ccccc1. The summed E-state index contributed by atoms with van der Waals surface area (Å²) in [6, 6.07) is 10.2. The number of hydrogen-bond donors (Lipinski definition) is 0. The zero-order valence-corrected chi connectivity index (χ0v) is 12.6. The van der Waals surface area contributed by atoms with Gasteiger partial charge in [0.1, 0.15) is 6.61 Å². The second-order valence-electron chi connectivity index (χ2n) is 4.62. The van der Waals surface area contributed by atoms with Gasteiger partial charge in [0.2, 0.25) is 0 Å². The van der Waals surface area contributed by atoms with E-state index in [4.69, 9.17) is 14.2 Å². The van der Waals surface area contributed by atoms with Crippen LogP contribution in [-0.2, 0) is 14.2 Å². The summed E-state index contributed by atoms with van der Waals surface area (Å²) in [6.45, 7) is 7.48. The molecular formula is C17H26O3. The van der Waals surface area contributed by atoms with Gasteiger partial charge in [-0.1, -0.05) is 43.7 Å². The third kappa shape index (κ3) is 7.97. The van der Waals surface area contributed by atoms with Crippen molar-refractivity contribution in [2.45, 2.75) is 26.7 Å². The van der Waals surface area contributed by atoms with Crippen molar-refractivity contribution < 1.29 is 14.2 Å². The maximum Gasteiger partial charge on any atom is 0.111 e. The minimum atomic E-state index is 0.569. The van der Waals surface area contributed by atoms with Crippen LogP contribution in [0.5, 0.6) is 0 Å². The average Bonchev–Trinajstić information content (AvgIpc) is 2.50. The van der Waals surface area contributed by atoms with E-state index in [-0.39, 0.29) is 0 Å². The highest BCUT2D eigenvalue weighted by atomic mass is 16.5. The summed E-state index contributed by atoms with van der Waals surface area (Å²) in [5.74, 6) is 0. The van der Waals surface area contributed by atoms with Crippen molar-refractivity contribution in [1.82, 2.24) is 0 Å². The Balaban J connectivity index is 1.99. The number of benzene rings is 1. The first kappa shape index (κ1) is 16.7. The van der Waals surface area contributed by atoms with E-state index in [1.165, 1.54) is 12.0 Å². The molecule has 0 aliphatic rings. The van der Waals surface area contributed by atoms with Crippen LogP contribution in [-0.4, -0.2) is 33.0 Å². The fraction of sp³-hybridized carbons (Fsp3) is 0.529. The van der Waals surface area contributed by atoms with E-state index in [0.29, 0.717) is 26.4 Å². The molecule has 0 atom stereocenters. The highest BCUT2D eigenvalue weighted by molar-refractivity contribution is 5.62. The first-order chi connectivity index (χ1) is 9.84. The van der Waals surface area contributed by atoms with Gasteiger partial charge < -0.3 is 14.2 Å². The summed E-state index contributed by atoms with van der Waals surface area (Å²) in [6.07, 6.45) is 4.07. The summed E-state index contributed by atoms with van der Waals surface area (Å²) >= 11 is 0. The molecule has 0 saturated carbocycles. The highest BCUT2D eigenvalue weighted by Crippen LogP contribution is 2.12. The van der Waals surface area contributed by atoms with E-state index in [2.05, 4.69) is 19.1 Å². The first-order valence-electron chi connectivity index (χ1n) is 7.34. The summed E-state index contributed by atoms with van der Waals surface area (Å²) in [4.78, 5) is 0. The monoisotopic (exact) mass is 278 g/mol. The molecule has 0 unspecified atom stereocenters. The topological polar surface area (TPSA) is 27.7 Å². The average molecular weight is 278 g/mol. The molecule has 0 radical (unpaired) electrons. The summed E-state index contributed by atoms with van der Waals surface area (Å²) < 4.78 is 16.3. The van der Waals surface area contributed by atoms with Crippen LogP contribution in [0.25, 0.3) is 5.57 Å². The van der Waals surface area contributed by atoms with Crippen molar-refractivity contribution >= 4 is 5.57 Å². The summed E-state index contributed by atoms with van der Waals surface area (Å²) in [7, 11) is 0. The lowest BCUT2D eigenvalue weighted by atomic mass is 10.1. The van der Waals surface area contributed by atoms with Gasteiger partial charge in [-0.15, -0.1) is 0 Å². The zero-order valence-electron chi connectivity index (χ0n) is 12.6. The van der Waals surface area contributed by atoms with Crippen LogP contribution in [0.3, 0.4) is 0 Å². The van der Waals surface area contributed by atoms with Crippen LogP contribution >= 0.6 is 0 Å². The van der Waals surface area contributed by atoms with Gasteiger partial charge in [0, 0.05) is 6.61 Å². The Bertz CT molecular complexity index is 360. The molecule has 1 aromatic carbocycles. The summed E-state index contributed by atoms with van der Waals surface area (Å²) in [5.41, 5.74) is 2.30. The predicted molar refractivity (Wildman–Crippen MR) is 82.6 cm³/mol. The fourth-order valence-corrected chi connectivity index (χ4v) is 1.63. The molecular weight excluding hydrogens is 252 g/mol. The van der Waals surface area contributed by atoms with Crippen molar-refractivity contribution in [3.8, 4) is 0 Å². The van der Waals surface area contributed by atoms with Crippen molar-refractivity contribution in [2.24, 2.45) is 0 Å². The van der Waals surface area contributed by atoms with Crippen LogP contribution in [0.15, 0.2) is 36.6 Å². The molecule has 0 saturated heterocycles. The Morgan fingerprint density at radius 3 is 2.30 bits per heavy atom. The smallest absolute Gasteiger partial charge is 0.111 e. The van der Waals surface area contributed by atoms with Gasteiger partial charge in [-0.05, 0) is 24.5 Å². The number of allylic oxidation sites excluding steroid dienone is 1. The Morgan fingerprint density at radius 2 is 1.60 bits per heavy atom.